The number of benzene rings is 2. The molecule has 0 unspecified atom stereocenters. The Morgan fingerprint density at radius 1 is 0.947 bits per heavy atom. The van der Waals surface area contributed by atoms with Gasteiger partial charge in [-0.05, 0) is 42.3 Å². The Hall–Kier alpha value is -2.35. The van der Waals surface area contributed by atoms with Crippen molar-refractivity contribution in [3.8, 4) is 16.9 Å². The normalized spacial score (nSPS) is 10.6. The van der Waals surface area contributed by atoms with Crippen molar-refractivity contribution in [1.82, 2.24) is 4.98 Å². The van der Waals surface area contributed by atoms with Crippen LogP contribution in [0.1, 0.15) is 5.69 Å². The van der Waals surface area contributed by atoms with E-state index in [1.165, 1.54) is 11.1 Å². The van der Waals surface area contributed by atoms with Gasteiger partial charge in [-0.1, -0.05) is 30.3 Å². The summed E-state index contributed by atoms with van der Waals surface area (Å²) in [4.78, 5) is 4.58. The number of hydrogen-bond acceptors (Lipinski definition) is 2. The third kappa shape index (κ3) is 2.17. The summed E-state index contributed by atoms with van der Waals surface area (Å²) in [5.41, 5.74) is 4.42. The summed E-state index contributed by atoms with van der Waals surface area (Å²) in [6, 6.07) is 18.5. The molecular weight excluding hydrogens is 234 g/mol. The van der Waals surface area contributed by atoms with E-state index in [2.05, 4.69) is 35.3 Å². The van der Waals surface area contributed by atoms with Gasteiger partial charge in [0.1, 0.15) is 5.75 Å². The molecule has 2 aromatic carbocycles. The molecule has 2 heteroatoms. The van der Waals surface area contributed by atoms with Crippen molar-refractivity contribution in [1.29, 1.82) is 0 Å². The second kappa shape index (κ2) is 4.73. The number of fused-ring (bicyclic) bond motifs is 1. The van der Waals surface area contributed by atoms with Crippen LogP contribution >= 0.6 is 0 Å². The highest BCUT2D eigenvalue weighted by Gasteiger charge is 2.07. The third-order valence-corrected chi connectivity index (χ3v) is 3.23. The van der Waals surface area contributed by atoms with Crippen LogP contribution in [0.4, 0.5) is 0 Å². The summed E-state index contributed by atoms with van der Waals surface area (Å²) < 4.78 is 5.32. The lowest BCUT2D eigenvalue weighted by atomic mass is 10.00. The second-order valence-electron chi connectivity index (χ2n) is 4.56. The minimum atomic E-state index is 0.857. The maximum atomic E-state index is 5.32. The predicted molar refractivity (Wildman–Crippen MR) is 78.5 cm³/mol. The first-order valence-electron chi connectivity index (χ1n) is 6.29. The lowest BCUT2D eigenvalue weighted by Crippen LogP contribution is -1.90. The smallest absolute Gasteiger partial charge is 0.119 e. The Bertz CT molecular complexity index is 720. The molecule has 0 saturated heterocycles. The highest BCUT2D eigenvalue weighted by Crippen LogP contribution is 2.30. The van der Waals surface area contributed by atoms with Crippen LogP contribution in [0.3, 0.4) is 0 Å². The van der Waals surface area contributed by atoms with E-state index in [-0.39, 0.29) is 0 Å². The molecule has 0 aliphatic rings. The first-order chi connectivity index (χ1) is 9.28. The number of aryl methyl sites for hydroxylation is 1. The van der Waals surface area contributed by atoms with Gasteiger partial charge in [0, 0.05) is 11.1 Å². The third-order valence-electron chi connectivity index (χ3n) is 3.23. The molecule has 0 N–H and O–H groups in total. The molecule has 3 rings (SSSR count). The van der Waals surface area contributed by atoms with Crippen LogP contribution in [-0.4, -0.2) is 12.1 Å². The number of pyridine rings is 1. The monoisotopic (exact) mass is 249 g/mol. The molecular formula is C17H15NO. The first-order valence-corrected chi connectivity index (χ1v) is 6.29. The van der Waals surface area contributed by atoms with E-state index in [1.807, 2.05) is 31.2 Å². The van der Waals surface area contributed by atoms with Crippen molar-refractivity contribution < 1.29 is 4.74 Å². The number of hydrogen-bond donors (Lipinski definition) is 0. The average molecular weight is 249 g/mol. The predicted octanol–water partition coefficient (Wildman–Crippen LogP) is 4.22. The van der Waals surface area contributed by atoms with Crippen molar-refractivity contribution in [3.05, 3.63) is 60.3 Å². The molecule has 2 nitrogen and oxygen atoms in total. The molecule has 3 aromatic rings. The summed E-state index contributed by atoms with van der Waals surface area (Å²) in [6.45, 7) is 2.02. The Kier molecular flexibility index (Phi) is 2.92. The second-order valence-corrected chi connectivity index (χ2v) is 4.56. The lowest BCUT2D eigenvalue weighted by molar-refractivity contribution is 0.415. The quantitative estimate of drug-likeness (QED) is 0.678. The van der Waals surface area contributed by atoms with Crippen LogP contribution < -0.4 is 4.74 Å². The van der Waals surface area contributed by atoms with Crippen molar-refractivity contribution in [2.75, 3.05) is 7.11 Å². The van der Waals surface area contributed by atoms with Gasteiger partial charge in [-0.25, -0.2) is 0 Å². The van der Waals surface area contributed by atoms with Gasteiger partial charge in [0.05, 0.1) is 12.6 Å². The van der Waals surface area contributed by atoms with Crippen LogP contribution in [0.15, 0.2) is 54.6 Å². The van der Waals surface area contributed by atoms with Gasteiger partial charge in [-0.2, -0.15) is 0 Å². The molecule has 0 amide bonds. The number of ether oxygens (including phenoxy) is 1. The number of methoxy groups -OCH3 is 1. The average Bonchev–Trinajstić information content (AvgIpc) is 2.47. The zero-order valence-corrected chi connectivity index (χ0v) is 11.1. The topological polar surface area (TPSA) is 22.1 Å². The summed E-state index contributed by atoms with van der Waals surface area (Å²) in [7, 11) is 1.69. The molecule has 0 atom stereocenters. The van der Waals surface area contributed by atoms with Gasteiger partial charge in [-0.15, -0.1) is 0 Å². The van der Waals surface area contributed by atoms with Crippen molar-refractivity contribution >= 4 is 10.9 Å². The van der Waals surface area contributed by atoms with E-state index in [4.69, 9.17) is 4.74 Å². The van der Waals surface area contributed by atoms with E-state index < -0.39 is 0 Å². The molecule has 0 fully saturated rings. The summed E-state index contributed by atoms with van der Waals surface area (Å²) in [5, 5.41) is 1.12. The fraction of sp³-hybridized carbons (Fsp3) is 0.118. The van der Waals surface area contributed by atoms with Gasteiger partial charge in [0.25, 0.3) is 0 Å². The van der Waals surface area contributed by atoms with E-state index in [0.29, 0.717) is 0 Å². The van der Waals surface area contributed by atoms with Crippen molar-refractivity contribution in [3.63, 3.8) is 0 Å². The van der Waals surface area contributed by atoms with E-state index in [1.54, 1.807) is 7.11 Å². The molecule has 94 valence electrons. The van der Waals surface area contributed by atoms with E-state index >= 15 is 0 Å². The fourth-order valence-electron chi connectivity index (χ4n) is 2.32. The highest BCUT2D eigenvalue weighted by molar-refractivity contribution is 5.95. The van der Waals surface area contributed by atoms with Crippen molar-refractivity contribution in [2.45, 2.75) is 6.92 Å². The summed E-state index contributed by atoms with van der Waals surface area (Å²) >= 11 is 0. The van der Waals surface area contributed by atoms with Crippen LogP contribution in [0, 0.1) is 6.92 Å². The number of rotatable bonds is 2. The minimum Gasteiger partial charge on any atom is -0.497 e. The Morgan fingerprint density at radius 2 is 1.74 bits per heavy atom. The zero-order valence-electron chi connectivity index (χ0n) is 11.1. The van der Waals surface area contributed by atoms with Crippen LogP contribution in [-0.2, 0) is 0 Å². The Labute approximate surface area is 112 Å². The highest BCUT2D eigenvalue weighted by atomic mass is 16.5. The van der Waals surface area contributed by atoms with E-state index in [9.17, 15) is 0 Å². The van der Waals surface area contributed by atoms with Crippen LogP contribution in [0.5, 0.6) is 5.75 Å². The SMILES string of the molecule is COc1ccc2nc(C)cc(-c3ccccc3)c2c1. The molecule has 0 saturated carbocycles. The maximum Gasteiger partial charge on any atom is 0.119 e. The summed E-state index contributed by atoms with van der Waals surface area (Å²) in [6.07, 6.45) is 0. The van der Waals surface area contributed by atoms with Gasteiger partial charge in [0.15, 0.2) is 0 Å². The maximum absolute atomic E-state index is 5.32. The molecule has 0 aliphatic heterocycles. The Balaban J connectivity index is 2.33. The molecule has 0 bridgehead atoms. The van der Waals surface area contributed by atoms with Gasteiger partial charge in [-0.3, -0.25) is 4.98 Å². The molecule has 19 heavy (non-hydrogen) atoms. The van der Waals surface area contributed by atoms with Crippen molar-refractivity contribution in [2.24, 2.45) is 0 Å². The number of nitrogens with zero attached hydrogens (tertiary/aromatic N) is 1. The van der Waals surface area contributed by atoms with Gasteiger partial charge >= 0.3 is 0 Å². The summed E-state index contributed by atoms with van der Waals surface area (Å²) in [5.74, 6) is 0.857. The van der Waals surface area contributed by atoms with Crippen LogP contribution in [0.2, 0.25) is 0 Å². The molecule has 1 aromatic heterocycles. The minimum absolute atomic E-state index is 0.857. The first kappa shape index (κ1) is 11.7. The molecule has 0 aliphatic carbocycles. The fourth-order valence-corrected chi connectivity index (χ4v) is 2.32. The van der Waals surface area contributed by atoms with E-state index in [0.717, 1.165) is 22.3 Å². The molecule has 0 spiro atoms. The lowest BCUT2D eigenvalue weighted by Gasteiger charge is -2.09. The largest absolute Gasteiger partial charge is 0.497 e. The zero-order chi connectivity index (χ0) is 13.2. The standard InChI is InChI=1S/C17H15NO/c1-12-10-15(13-6-4-3-5-7-13)16-11-14(19-2)8-9-17(16)18-12/h3-11H,1-2H3. The molecule has 1 heterocycles. The number of aromatic nitrogens is 1. The molecule has 0 radical (unpaired) electrons. The Morgan fingerprint density at radius 3 is 2.47 bits per heavy atom. The van der Waals surface area contributed by atoms with Gasteiger partial charge in [0.2, 0.25) is 0 Å². The van der Waals surface area contributed by atoms with Gasteiger partial charge < -0.3 is 4.74 Å². The van der Waals surface area contributed by atoms with Crippen LogP contribution in [0.25, 0.3) is 22.0 Å².